The standard InChI is InChI=1S/C4H6N8S/c5-1-6-2(10-9-1)7-3-8-4(13)12-11-3/h(H6,5,6,7,8,9,10,11,12,13). The summed E-state index contributed by atoms with van der Waals surface area (Å²) < 4.78 is 0.353. The second-order valence-electron chi connectivity index (χ2n) is 2.18. The normalized spacial score (nSPS) is 10.2. The number of aromatic nitrogens is 6. The van der Waals surface area contributed by atoms with Crippen molar-refractivity contribution in [1.29, 1.82) is 0 Å². The number of nitrogens with one attached hydrogen (secondary N) is 4. The molecule has 9 heteroatoms. The molecule has 0 unspecified atom stereocenters. The van der Waals surface area contributed by atoms with Gasteiger partial charge in [0.05, 0.1) is 0 Å². The molecule has 0 spiro atoms. The van der Waals surface area contributed by atoms with E-state index in [0.717, 1.165) is 0 Å². The second-order valence-corrected chi connectivity index (χ2v) is 2.57. The molecule has 2 aromatic rings. The monoisotopic (exact) mass is 198 g/mol. The Morgan fingerprint density at radius 1 is 1.31 bits per heavy atom. The van der Waals surface area contributed by atoms with Crippen LogP contribution in [0.15, 0.2) is 0 Å². The van der Waals surface area contributed by atoms with Crippen LogP contribution in [0.1, 0.15) is 0 Å². The summed E-state index contributed by atoms with van der Waals surface area (Å²) in [5.41, 5.74) is 5.31. The van der Waals surface area contributed by atoms with E-state index in [-0.39, 0.29) is 5.95 Å². The van der Waals surface area contributed by atoms with Crippen molar-refractivity contribution in [2.45, 2.75) is 0 Å². The Bertz CT molecular complexity index is 450. The summed E-state index contributed by atoms with van der Waals surface area (Å²) >= 11 is 4.74. The van der Waals surface area contributed by atoms with E-state index in [9.17, 15) is 0 Å². The van der Waals surface area contributed by atoms with Crippen molar-refractivity contribution in [3.63, 3.8) is 0 Å². The Hall–Kier alpha value is -1.90. The van der Waals surface area contributed by atoms with Gasteiger partial charge in [-0.25, -0.2) is 5.10 Å². The van der Waals surface area contributed by atoms with Crippen LogP contribution in [0.3, 0.4) is 0 Å². The molecule has 0 saturated heterocycles. The summed E-state index contributed by atoms with van der Waals surface area (Å²) in [6.45, 7) is 0. The highest BCUT2D eigenvalue weighted by molar-refractivity contribution is 7.71. The molecule has 0 aliphatic rings. The van der Waals surface area contributed by atoms with E-state index in [1.807, 2.05) is 0 Å². The SMILES string of the molecule is Nc1nc(Nc2nc(=S)[nH][nH]2)n[nH]1. The molecule has 0 saturated carbocycles. The number of anilines is 3. The average molecular weight is 198 g/mol. The van der Waals surface area contributed by atoms with Crippen LogP contribution in [0.25, 0.3) is 0 Å². The summed E-state index contributed by atoms with van der Waals surface area (Å²) in [6.07, 6.45) is 0. The van der Waals surface area contributed by atoms with Gasteiger partial charge in [0.1, 0.15) is 0 Å². The summed E-state index contributed by atoms with van der Waals surface area (Å²) in [4.78, 5) is 7.68. The van der Waals surface area contributed by atoms with Crippen molar-refractivity contribution in [3.05, 3.63) is 4.77 Å². The zero-order valence-electron chi connectivity index (χ0n) is 6.33. The molecule has 0 atom stereocenters. The van der Waals surface area contributed by atoms with Gasteiger partial charge in [0.2, 0.25) is 22.6 Å². The minimum absolute atomic E-state index is 0.233. The van der Waals surface area contributed by atoms with Crippen LogP contribution in [0.2, 0.25) is 0 Å². The molecule has 0 amide bonds. The van der Waals surface area contributed by atoms with E-state index in [0.29, 0.717) is 16.7 Å². The van der Waals surface area contributed by atoms with Crippen LogP contribution >= 0.6 is 12.2 Å². The molecule has 6 N–H and O–H groups in total. The Balaban J connectivity index is 2.19. The molecule has 0 aromatic carbocycles. The van der Waals surface area contributed by atoms with Crippen LogP contribution in [-0.4, -0.2) is 30.4 Å². The second kappa shape index (κ2) is 2.86. The number of nitrogen functional groups attached to an aromatic ring is 1. The molecule has 2 aromatic heterocycles. The highest BCUT2D eigenvalue weighted by Crippen LogP contribution is 2.05. The number of nitrogens with zero attached hydrogens (tertiary/aromatic N) is 3. The van der Waals surface area contributed by atoms with Gasteiger partial charge in [-0.1, -0.05) is 0 Å². The number of aromatic amines is 3. The minimum atomic E-state index is 0.233. The van der Waals surface area contributed by atoms with Crippen LogP contribution in [0.5, 0.6) is 0 Å². The quantitative estimate of drug-likeness (QED) is 0.429. The first kappa shape index (κ1) is 7.73. The van der Waals surface area contributed by atoms with Crippen molar-refractivity contribution in [1.82, 2.24) is 30.4 Å². The maximum atomic E-state index is 5.31. The first-order valence-electron chi connectivity index (χ1n) is 3.33. The number of H-pyrrole nitrogens is 3. The van der Waals surface area contributed by atoms with Gasteiger partial charge in [0.15, 0.2) is 0 Å². The molecule has 0 aliphatic carbocycles. The van der Waals surface area contributed by atoms with Crippen LogP contribution < -0.4 is 11.1 Å². The number of rotatable bonds is 2. The van der Waals surface area contributed by atoms with Crippen molar-refractivity contribution in [3.8, 4) is 0 Å². The molecule has 0 fully saturated rings. The highest BCUT2D eigenvalue weighted by atomic mass is 32.1. The van der Waals surface area contributed by atoms with E-state index in [1.165, 1.54) is 0 Å². The van der Waals surface area contributed by atoms with E-state index in [2.05, 4.69) is 35.7 Å². The van der Waals surface area contributed by atoms with Gasteiger partial charge < -0.3 is 5.73 Å². The van der Waals surface area contributed by atoms with E-state index < -0.39 is 0 Å². The van der Waals surface area contributed by atoms with Gasteiger partial charge in [-0.05, 0) is 12.2 Å². The molecule has 13 heavy (non-hydrogen) atoms. The van der Waals surface area contributed by atoms with Crippen molar-refractivity contribution in [2.75, 3.05) is 11.1 Å². The molecule has 0 bridgehead atoms. The van der Waals surface area contributed by atoms with Crippen LogP contribution in [0, 0.1) is 4.77 Å². The fourth-order valence-corrected chi connectivity index (χ4v) is 0.908. The molecular weight excluding hydrogens is 192 g/mol. The lowest BCUT2D eigenvalue weighted by Gasteiger charge is -1.91. The van der Waals surface area contributed by atoms with Gasteiger partial charge in [-0.3, -0.25) is 15.5 Å². The van der Waals surface area contributed by atoms with E-state index >= 15 is 0 Å². The third kappa shape index (κ3) is 1.64. The van der Waals surface area contributed by atoms with Gasteiger partial charge >= 0.3 is 0 Å². The third-order valence-corrected chi connectivity index (χ3v) is 1.43. The van der Waals surface area contributed by atoms with Crippen LogP contribution in [0.4, 0.5) is 17.8 Å². The van der Waals surface area contributed by atoms with Gasteiger partial charge in [0, 0.05) is 0 Å². The number of nitrogens with two attached hydrogens (primary N) is 1. The summed E-state index contributed by atoms with van der Waals surface area (Å²) in [5, 5.41) is 14.3. The fourth-order valence-electron chi connectivity index (χ4n) is 0.765. The molecule has 8 nitrogen and oxygen atoms in total. The third-order valence-electron chi connectivity index (χ3n) is 1.23. The average Bonchev–Trinajstić information content (AvgIpc) is 2.62. The van der Waals surface area contributed by atoms with E-state index in [4.69, 9.17) is 18.0 Å². The Morgan fingerprint density at radius 3 is 2.69 bits per heavy atom. The number of hydrogen-bond acceptors (Lipinski definition) is 6. The van der Waals surface area contributed by atoms with Gasteiger partial charge in [-0.15, -0.1) is 5.10 Å². The van der Waals surface area contributed by atoms with Crippen molar-refractivity contribution >= 4 is 30.1 Å². The molecule has 0 radical (unpaired) electrons. The molecular formula is C4H6N8S. The molecule has 68 valence electrons. The highest BCUT2D eigenvalue weighted by Gasteiger charge is 2.01. The zero-order valence-corrected chi connectivity index (χ0v) is 7.14. The maximum absolute atomic E-state index is 5.31. The van der Waals surface area contributed by atoms with Crippen molar-refractivity contribution in [2.24, 2.45) is 0 Å². The van der Waals surface area contributed by atoms with Gasteiger partial charge in [-0.2, -0.15) is 9.97 Å². The Morgan fingerprint density at radius 2 is 2.15 bits per heavy atom. The molecule has 2 rings (SSSR count). The van der Waals surface area contributed by atoms with E-state index in [1.54, 1.807) is 0 Å². The zero-order chi connectivity index (χ0) is 9.26. The largest absolute Gasteiger partial charge is 0.368 e. The first-order chi connectivity index (χ1) is 6.24. The number of hydrogen-bond donors (Lipinski definition) is 5. The lowest BCUT2D eigenvalue weighted by molar-refractivity contribution is 1.06. The first-order valence-corrected chi connectivity index (χ1v) is 3.74. The smallest absolute Gasteiger partial charge is 0.250 e. The van der Waals surface area contributed by atoms with Crippen molar-refractivity contribution < 1.29 is 0 Å². The fraction of sp³-hybridized carbons (Fsp3) is 0. The van der Waals surface area contributed by atoms with Crippen LogP contribution in [-0.2, 0) is 0 Å². The minimum Gasteiger partial charge on any atom is -0.368 e. The predicted octanol–water partition coefficient (Wildman–Crippen LogP) is -0.0888. The van der Waals surface area contributed by atoms with Gasteiger partial charge in [0.25, 0.3) is 0 Å². The predicted molar refractivity (Wildman–Crippen MR) is 47.9 cm³/mol. The Kier molecular flexibility index (Phi) is 1.70. The lowest BCUT2D eigenvalue weighted by atomic mass is 10.9. The molecule has 2 heterocycles. The topological polar surface area (TPSA) is 124 Å². The lowest BCUT2D eigenvalue weighted by Crippen LogP contribution is -1.94. The Labute approximate surface area is 77.0 Å². The summed E-state index contributed by atoms with van der Waals surface area (Å²) in [7, 11) is 0. The summed E-state index contributed by atoms with van der Waals surface area (Å²) in [6, 6.07) is 0. The molecule has 0 aliphatic heterocycles. The summed E-state index contributed by atoms with van der Waals surface area (Å²) in [5.74, 6) is 0.996. The maximum Gasteiger partial charge on any atom is 0.250 e.